The van der Waals surface area contributed by atoms with Gasteiger partial charge in [0.1, 0.15) is 5.82 Å². The highest BCUT2D eigenvalue weighted by atomic mass is 32.2. The van der Waals surface area contributed by atoms with Crippen molar-refractivity contribution in [1.82, 2.24) is 19.5 Å². The number of fused-ring (bicyclic) bond motifs is 1. The van der Waals surface area contributed by atoms with E-state index in [0.29, 0.717) is 6.61 Å². The maximum absolute atomic E-state index is 12.5. The fourth-order valence-electron chi connectivity index (χ4n) is 3.17. The van der Waals surface area contributed by atoms with Crippen molar-refractivity contribution in [2.75, 3.05) is 12.4 Å². The summed E-state index contributed by atoms with van der Waals surface area (Å²) >= 11 is 0. The van der Waals surface area contributed by atoms with Gasteiger partial charge in [0.05, 0.1) is 17.9 Å². The summed E-state index contributed by atoms with van der Waals surface area (Å²) in [4.78, 5) is 4.56. The average molecular weight is 342 g/mol. The van der Waals surface area contributed by atoms with Gasteiger partial charge in [0, 0.05) is 19.1 Å². The highest BCUT2D eigenvalue weighted by molar-refractivity contribution is 7.89. The molecule has 1 fully saturated rings. The molecule has 2 atom stereocenters. The Hall–Kier alpha value is -0.990. The Kier molecular flexibility index (Phi) is 5.03. The summed E-state index contributed by atoms with van der Waals surface area (Å²) in [5.41, 5.74) is 0. The standard InChI is InChI=1S/C15H26N4O3S/c1-11(2)14-16-15-13(7-5-8-19(15)17-14)18-23(20,21)10-12-6-3-4-9-22-12/h11-13,18H,3-10H2,1-2H3. The number of ether oxygens (including phenoxy) is 1. The Morgan fingerprint density at radius 2 is 2.13 bits per heavy atom. The summed E-state index contributed by atoms with van der Waals surface area (Å²) in [7, 11) is -3.39. The molecule has 1 aromatic heterocycles. The molecular formula is C15H26N4O3S. The van der Waals surface area contributed by atoms with Gasteiger partial charge in [-0.05, 0) is 32.1 Å². The number of aryl methyl sites for hydroxylation is 1. The Morgan fingerprint density at radius 1 is 1.30 bits per heavy atom. The normalized spacial score (nSPS) is 25.5. The third-order valence-electron chi connectivity index (χ3n) is 4.41. The molecule has 0 spiro atoms. The molecular weight excluding hydrogens is 316 g/mol. The molecule has 1 N–H and O–H groups in total. The Labute approximate surface area is 137 Å². The lowest BCUT2D eigenvalue weighted by Crippen LogP contribution is -2.39. The van der Waals surface area contributed by atoms with Gasteiger partial charge in [-0.25, -0.2) is 22.8 Å². The van der Waals surface area contributed by atoms with E-state index in [-0.39, 0.29) is 23.8 Å². The zero-order valence-corrected chi connectivity index (χ0v) is 14.7. The molecule has 7 nitrogen and oxygen atoms in total. The van der Waals surface area contributed by atoms with Gasteiger partial charge in [-0.15, -0.1) is 0 Å². The van der Waals surface area contributed by atoms with Crippen molar-refractivity contribution < 1.29 is 13.2 Å². The Morgan fingerprint density at radius 3 is 2.83 bits per heavy atom. The molecule has 0 aliphatic carbocycles. The van der Waals surface area contributed by atoms with Crippen molar-refractivity contribution in [1.29, 1.82) is 0 Å². The van der Waals surface area contributed by atoms with Crippen LogP contribution in [-0.2, 0) is 21.3 Å². The van der Waals surface area contributed by atoms with Gasteiger partial charge in [0.2, 0.25) is 10.0 Å². The van der Waals surface area contributed by atoms with E-state index < -0.39 is 10.0 Å². The summed E-state index contributed by atoms with van der Waals surface area (Å²) < 4.78 is 35.2. The van der Waals surface area contributed by atoms with Crippen LogP contribution in [0.5, 0.6) is 0 Å². The van der Waals surface area contributed by atoms with Gasteiger partial charge < -0.3 is 4.74 Å². The molecule has 1 aromatic rings. The molecule has 2 aliphatic rings. The van der Waals surface area contributed by atoms with E-state index in [0.717, 1.165) is 50.3 Å². The highest BCUT2D eigenvalue weighted by Gasteiger charge is 2.30. The number of nitrogens with one attached hydrogen (secondary N) is 1. The van der Waals surface area contributed by atoms with Crippen molar-refractivity contribution in [3.8, 4) is 0 Å². The second kappa shape index (κ2) is 6.86. The van der Waals surface area contributed by atoms with Crippen LogP contribution in [0.15, 0.2) is 0 Å². The third-order valence-corrected chi connectivity index (χ3v) is 5.86. The van der Waals surface area contributed by atoms with E-state index in [9.17, 15) is 8.42 Å². The number of aromatic nitrogens is 3. The predicted molar refractivity (Wildman–Crippen MR) is 86.6 cm³/mol. The molecule has 0 amide bonds. The smallest absolute Gasteiger partial charge is 0.214 e. The van der Waals surface area contributed by atoms with E-state index in [4.69, 9.17) is 4.74 Å². The van der Waals surface area contributed by atoms with Crippen molar-refractivity contribution in [2.45, 2.75) is 70.6 Å². The zero-order valence-electron chi connectivity index (χ0n) is 13.9. The lowest BCUT2D eigenvalue weighted by molar-refractivity contribution is 0.0303. The molecule has 23 heavy (non-hydrogen) atoms. The van der Waals surface area contributed by atoms with Crippen molar-refractivity contribution in [3.63, 3.8) is 0 Å². The molecule has 0 radical (unpaired) electrons. The number of hydrogen-bond acceptors (Lipinski definition) is 5. The third kappa shape index (κ3) is 4.10. The molecule has 8 heteroatoms. The van der Waals surface area contributed by atoms with Crippen LogP contribution in [-0.4, -0.2) is 41.6 Å². The first kappa shape index (κ1) is 16.9. The van der Waals surface area contributed by atoms with Gasteiger partial charge in [0.25, 0.3) is 0 Å². The summed E-state index contributed by atoms with van der Waals surface area (Å²) in [6.45, 7) is 5.55. The largest absolute Gasteiger partial charge is 0.377 e. The van der Waals surface area contributed by atoms with Crippen molar-refractivity contribution in [3.05, 3.63) is 11.6 Å². The Bertz CT molecular complexity index is 635. The molecule has 3 heterocycles. The minimum atomic E-state index is -3.39. The molecule has 0 aromatic carbocycles. The fourth-order valence-corrected chi connectivity index (χ4v) is 4.68. The molecule has 130 valence electrons. The maximum Gasteiger partial charge on any atom is 0.214 e. The predicted octanol–water partition coefficient (Wildman–Crippen LogP) is 1.72. The number of sulfonamides is 1. The van der Waals surface area contributed by atoms with E-state index in [2.05, 4.69) is 14.8 Å². The minimum absolute atomic E-state index is 0.0364. The lowest BCUT2D eigenvalue weighted by atomic mass is 10.1. The molecule has 3 rings (SSSR count). The first-order valence-electron chi connectivity index (χ1n) is 8.51. The van der Waals surface area contributed by atoms with Crippen LogP contribution in [0.1, 0.15) is 69.6 Å². The number of rotatable bonds is 5. The van der Waals surface area contributed by atoms with E-state index in [1.165, 1.54) is 0 Å². The van der Waals surface area contributed by atoms with Crippen LogP contribution in [0.3, 0.4) is 0 Å². The number of hydrogen-bond donors (Lipinski definition) is 1. The van der Waals surface area contributed by atoms with E-state index >= 15 is 0 Å². The zero-order chi connectivity index (χ0) is 16.4. The van der Waals surface area contributed by atoms with Gasteiger partial charge >= 0.3 is 0 Å². The SMILES string of the molecule is CC(C)c1nc2n(n1)CCCC2NS(=O)(=O)CC1CCCCO1. The lowest BCUT2D eigenvalue weighted by Gasteiger charge is -2.26. The second-order valence-electron chi connectivity index (χ2n) is 6.79. The van der Waals surface area contributed by atoms with Crippen LogP contribution in [0.25, 0.3) is 0 Å². The summed E-state index contributed by atoms with van der Waals surface area (Å²) in [6, 6.07) is -0.280. The minimum Gasteiger partial charge on any atom is -0.377 e. The molecule has 0 saturated carbocycles. The van der Waals surface area contributed by atoms with Gasteiger partial charge in [-0.3, -0.25) is 0 Å². The summed E-state index contributed by atoms with van der Waals surface area (Å²) in [6.07, 6.45) is 4.36. The monoisotopic (exact) mass is 342 g/mol. The summed E-state index contributed by atoms with van der Waals surface area (Å²) in [5.74, 6) is 1.80. The van der Waals surface area contributed by atoms with Gasteiger partial charge in [-0.2, -0.15) is 5.10 Å². The Balaban J connectivity index is 1.70. The van der Waals surface area contributed by atoms with Gasteiger partial charge in [-0.1, -0.05) is 13.8 Å². The highest BCUT2D eigenvalue weighted by Crippen LogP contribution is 2.26. The fraction of sp³-hybridized carbons (Fsp3) is 0.867. The molecule has 1 saturated heterocycles. The molecule has 2 unspecified atom stereocenters. The maximum atomic E-state index is 12.5. The number of nitrogens with zero attached hydrogens (tertiary/aromatic N) is 3. The first-order valence-corrected chi connectivity index (χ1v) is 10.2. The second-order valence-corrected chi connectivity index (χ2v) is 8.59. The van der Waals surface area contributed by atoms with Crippen LogP contribution in [0.2, 0.25) is 0 Å². The van der Waals surface area contributed by atoms with Crippen LogP contribution in [0.4, 0.5) is 0 Å². The van der Waals surface area contributed by atoms with Crippen LogP contribution >= 0.6 is 0 Å². The molecule has 0 bridgehead atoms. The van der Waals surface area contributed by atoms with Crippen molar-refractivity contribution in [2.24, 2.45) is 0 Å². The molecule has 2 aliphatic heterocycles. The van der Waals surface area contributed by atoms with Crippen LogP contribution < -0.4 is 4.72 Å². The van der Waals surface area contributed by atoms with Crippen LogP contribution in [0, 0.1) is 0 Å². The van der Waals surface area contributed by atoms with Gasteiger partial charge in [0.15, 0.2) is 5.82 Å². The quantitative estimate of drug-likeness (QED) is 0.880. The first-order chi connectivity index (χ1) is 10.9. The average Bonchev–Trinajstić information content (AvgIpc) is 2.93. The van der Waals surface area contributed by atoms with E-state index in [1.54, 1.807) is 0 Å². The van der Waals surface area contributed by atoms with Crippen molar-refractivity contribution >= 4 is 10.0 Å². The topological polar surface area (TPSA) is 86.1 Å². The summed E-state index contributed by atoms with van der Waals surface area (Å²) in [5, 5.41) is 4.49. The van der Waals surface area contributed by atoms with E-state index in [1.807, 2.05) is 18.5 Å².